The van der Waals surface area contributed by atoms with Crippen LogP contribution in [0.2, 0.25) is 0 Å². The summed E-state index contributed by atoms with van der Waals surface area (Å²) in [5, 5.41) is 21.7. The van der Waals surface area contributed by atoms with Gasteiger partial charge in [-0.3, -0.25) is 4.79 Å². The van der Waals surface area contributed by atoms with Gasteiger partial charge in [0.15, 0.2) is 0 Å². The fraction of sp³-hybridized carbons (Fsp3) is 0.889. The van der Waals surface area contributed by atoms with E-state index in [9.17, 15) is 15.2 Å². The number of nitrogens with zero attached hydrogens (tertiary/aromatic N) is 1. The van der Waals surface area contributed by atoms with Crippen molar-refractivity contribution in [3.8, 4) is 0 Å². The Balaban J connectivity index is 3.10. The van der Waals surface area contributed by atoms with Crippen LogP contribution in [-0.2, 0) is 4.79 Å². The monoisotopic (exact) mass is 187 g/mol. The van der Waals surface area contributed by atoms with Gasteiger partial charge in [0, 0.05) is 0 Å². The number of hydrogen-bond donors (Lipinski definition) is 1. The largest absolute Gasteiger partial charge is 0.598 e. The maximum Gasteiger partial charge on any atom is 0.145 e. The number of carbonyl (C=O) groups excluding carboxylic acids is 1. The van der Waals surface area contributed by atoms with E-state index < -0.39 is 15.9 Å². The van der Waals surface area contributed by atoms with Gasteiger partial charge in [0.1, 0.15) is 16.9 Å². The second-order valence-electron chi connectivity index (χ2n) is 5.09. The average molecular weight is 187 g/mol. The van der Waals surface area contributed by atoms with E-state index in [1.165, 1.54) is 0 Å². The van der Waals surface area contributed by atoms with Crippen molar-refractivity contribution in [2.75, 3.05) is 0 Å². The summed E-state index contributed by atoms with van der Waals surface area (Å²) in [5.41, 5.74) is -1.86. The molecule has 1 N–H and O–H groups in total. The minimum atomic E-state index is -1.33. The summed E-state index contributed by atoms with van der Waals surface area (Å²) >= 11 is 0. The van der Waals surface area contributed by atoms with Crippen molar-refractivity contribution in [1.82, 2.24) is 0 Å². The van der Waals surface area contributed by atoms with Crippen molar-refractivity contribution in [2.24, 2.45) is 0 Å². The van der Waals surface area contributed by atoms with E-state index in [0.29, 0.717) is 0 Å². The average Bonchev–Trinajstić information content (AvgIpc) is 1.80. The molecule has 1 heterocycles. The Morgan fingerprint density at radius 2 is 1.54 bits per heavy atom. The quantitative estimate of drug-likeness (QED) is 0.463. The lowest BCUT2D eigenvalue weighted by atomic mass is 9.80. The normalized spacial score (nSPS) is 30.2. The van der Waals surface area contributed by atoms with Crippen LogP contribution in [0.1, 0.15) is 40.5 Å². The molecule has 0 amide bonds. The number of hydroxylamine groups is 4. The lowest BCUT2D eigenvalue weighted by molar-refractivity contribution is -1.13. The maximum atomic E-state index is 11.9. The molecule has 0 aliphatic carbocycles. The molecular formula is C9H17NO3. The van der Waals surface area contributed by atoms with E-state index >= 15 is 0 Å². The molecule has 0 aromatic heterocycles. The van der Waals surface area contributed by atoms with Crippen LogP contribution < -0.4 is 0 Å². The number of Topliss-reactive ketones (excluding diaryl/α,β-unsaturated/α-hetero) is 1. The minimum Gasteiger partial charge on any atom is -0.598 e. The van der Waals surface area contributed by atoms with Crippen molar-refractivity contribution in [1.29, 1.82) is 0 Å². The van der Waals surface area contributed by atoms with Gasteiger partial charge in [0.25, 0.3) is 0 Å². The third-order valence-corrected chi connectivity index (χ3v) is 2.90. The molecular weight excluding hydrogens is 170 g/mol. The predicted octanol–water partition coefficient (Wildman–Crippen LogP) is 1.61. The van der Waals surface area contributed by atoms with Crippen LogP contribution in [0.4, 0.5) is 0 Å². The second kappa shape index (κ2) is 2.53. The molecule has 0 saturated carbocycles. The van der Waals surface area contributed by atoms with Gasteiger partial charge in [0.2, 0.25) is 0 Å². The van der Waals surface area contributed by atoms with Crippen molar-refractivity contribution in [2.45, 2.75) is 51.6 Å². The van der Waals surface area contributed by atoms with Crippen LogP contribution in [0.25, 0.3) is 0 Å². The molecule has 13 heavy (non-hydrogen) atoms. The van der Waals surface area contributed by atoms with Gasteiger partial charge in [-0.1, -0.05) is 0 Å². The molecule has 0 atom stereocenters. The smallest absolute Gasteiger partial charge is 0.145 e. The Morgan fingerprint density at radius 1 is 1.23 bits per heavy atom. The van der Waals surface area contributed by atoms with E-state index in [2.05, 4.69) is 0 Å². The summed E-state index contributed by atoms with van der Waals surface area (Å²) in [6.07, 6.45) is 0.298. The fourth-order valence-electron chi connectivity index (χ4n) is 2.06. The van der Waals surface area contributed by atoms with Crippen LogP contribution in [0.5, 0.6) is 0 Å². The first kappa shape index (κ1) is 10.6. The van der Waals surface area contributed by atoms with Crippen molar-refractivity contribution >= 4 is 5.78 Å². The molecule has 1 fully saturated rings. The third kappa shape index (κ3) is 1.39. The number of rotatable bonds is 0. The van der Waals surface area contributed by atoms with Gasteiger partial charge in [-0.2, -0.15) is 0 Å². The summed E-state index contributed by atoms with van der Waals surface area (Å²) in [5.74, 6) is 0.0497. The highest BCUT2D eigenvalue weighted by molar-refractivity contribution is 5.81. The Labute approximate surface area is 78.3 Å². The van der Waals surface area contributed by atoms with Gasteiger partial charge in [-0.05, 0) is 27.7 Å². The number of ketones is 1. The zero-order chi connectivity index (χ0) is 10.5. The van der Waals surface area contributed by atoms with Crippen LogP contribution in [0.15, 0.2) is 0 Å². The maximum absolute atomic E-state index is 11.9. The van der Waals surface area contributed by atoms with Crippen LogP contribution in [0, 0.1) is 5.21 Å². The van der Waals surface area contributed by atoms with E-state index in [0.717, 1.165) is 0 Å². The molecule has 4 nitrogen and oxygen atoms in total. The molecule has 0 unspecified atom stereocenters. The minimum absolute atomic E-state index is 0.0497. The lowest BCUT2D eigenvalue weighted by Crippen LogP contribution is -2.69. The van der Waals surface area contributed by atoms with Gasteiger partial charge < -0.3 is 5.21 Å². The topological polar surface area (TPSA) is 60.4 Å². The summed E-state index contributed by atoms with van der Waals surface area (Å²) in [4.78, 5) is 9.99. The fourth-order valence-corrected chi connectivity index (χ4v) is 2.06. The third-order valence-electron chi connectivity index (χ3n) is 2.90. The lowest BCUT2D eigenvalue weighted by Gasteiger charge is -2.58. The Bertz CT molecular complexity index is 221. The molecule has 76 valence electrons. The summed E-state index contributed by atoms with van der Waals surface area (Å²) in [6, 6.07) is 0. The highest BCUT2D eigenvalue weighted by Crippen LogP contribution is 2.41. The van der Waals surface area contributed by atoms with Crippen molar-refractivity contribution in [3.63, 3.8) is 0 Å². The molecule has 1 aliphatic heterocycles. The zero-order valence-corrected chi connectivity index (χ0v) is 8.63. The number of hydrogen-bond acceptors (Lipinski definition) is 3. The van der Waals surface area contributed by atoms with Gasteiger partial charge in [-0.25, -0.2) is 10.0 Å². The molecule has 1 aliphatic rings. The highest BCUT2D eigenvalue weighted by atomic mass is 16.8. The number of carbonyl (C=O) groups is 1. The summed E-state index contributed by atoms with van der Waals surface area (Å²) in [6.45, 7) is 6.50. The molecule has 0 spiro atoms. The van der Waals surface area contributed by atoms with Crippen LogP contribution in [-0.4, -0.2) is 26.9 Å². The molecule has 0 radical (unpaired) electrons. The van der Waals surface area contributed by atoms with Crippen LogP contribution in [0.3, 0.4) is 0 Å². The van der Waals surface area contributed by atoms with Crippen molar-refractivity contribution in [3.05, 3.63) is 5.21 Å². The first-order valence-corrected chi connectivity index (χ1v) is 4.45. The van der Waals surface area contributed by atoms with Gasteiger partial charge in [0.05, 0.1) is 12.8 Å². The van der Waals surface area contributed by atoms with Crippen molar-refractivity contribution < 1.29 is 14.8 Å². The zero-order valence-electron chi connectivity index (χ0n) is 8.63. The first-order chi connectivity index (χ1) is 5.60. The van der Waals surface area contributed by atoms with Crippen LogP contribution >= 0.6 is 0 Å². The summed E-state index contributed by atoms with van der Waals surface area (Å²) in [7, 11) is 0. The molecule has 0 aromatic carbocycles. The predicted molar refractivity (Wildman–Crippen MR) is 47.8 cm³/mol. The van der Waals surface area contributed by atoms with E-state index in [4.69, 9.17) is 0 Å². The number of piperidine rings is 1. The Hall–Kier alpha value is -0.450. The van der Waals surface area contributed by atoms with E-state index in [1.807, 2.05) is 0 Å². The Morgan fingerprint density at radius 3 is 1.85 bits per heavy atom. The van der Waals surface area contributed by atoms with Gasteiger partial charge >= 0.3 is 0 Å². The van der Waals surface area contributed by atoms with Gasteiger partial charge in [-0.15, -0.1) is 0 Å². The molecule has 0 aromatic rings. The molecule has 1 rings (SSSR count). The summed E-state index contributed by atoms with van der Waals surface area (Å²) < 4.78 is 0. The highest BCUT2D eigenvalue weighted by Gasteiger charge is 2.54. The van der Waals surface area contributed by atoms with E-state index in [1.54, 1.807) is 27.7 Å². The SMILES string of the molecule is CC1(C)CC(=O)CC(C)(C)[N+]1([O-])O. The van der Waals surface area contributed by atoms with E-state index in [-0.39, 0.29) is 18.6 Å². The molecule has 1 saturated heterocycles. The Kier molecular flexibility index (Phi) is 2.07. The molecule has 4 heteroatoms. The second-order valence-corrected chi connectivity index (χ2v) is 5.09. The standard InChI is InChI=1S/C9H17NO3/c1-8(2)5-7(11)6-9(3,4)10(8,12)13/h12H,5-6H2,1-4H3. The number of quaternary nitrogens is 1. The first-order valence-electron chi connectivity index (χ1n) is 4.45. The molecule has 0 bridgehead atoms.